The Morgan fingerprint density at radius 3 is 2.41 bits per heavy atom. The third-order valence-corrected chi connectivity index (χ3v) is 7.96. The molecule has 10 heteroatoms. The first kappa shape index (κ1) is 18.6. The molecule has 1 aromatic heterocycles. The van der Waals surface area contributed by atoms with Crippen LogP contribution in [0.1, 0.15) is 14.7 Å². The van der Waals surface area contributed by atoms with E-state index in [1.807, 2.05) is 6.92 Å². The number of ether oxygens (including phenoxy) is 2. The van der Waals surface area contributed by atoms with Crippen LogP contribution in [-0.2, 0) is 10.0 Å². The average Bonchev–Trinajstić information content (AvgIpc) is 3.41. The van der Waals surface area contributed by atoms with E-state index in [1.54, 1.807) is 23.2 Å². The third kappa shape index (κ3) is 3.21. The standard InChI is InChI=1S/C19H19N3O5S2/c1-12-20-7-18(28-12)19(23)21-8-13-10-22(11-14(13)9-21)29(24,25)15-2-3-16-17(6-15)27-5-4-26-16/h2-3,6-7H,4-5,8-11H2,1H3. The van der Waals surface area contributed by atoms with E-state index in [4.69, 9.17) is 9.47 Å². The number of carbonyl (C=O) groups is 1. The number of nitrogens with zero attached hydrogens (tertiary/aromatic N) is 3. The number of fused-ring (bicyclic) bond motifs is 1. The van der Waals surface area contributed by atoms with Gasteiger partial charge in [-0.1, -0.05) is 0 Å². The maximum absolute atomic E-state index is 13.1. The van der Waals surface area contributed by atoms with Crippen LogP contribution in [-0.4, -0.2) is 67.9 Å². The lowest BCUT2D eigenvalue weighted by molar-refractivity contribution is 0.0797. The predicted octanol–water partition coefficient (Wildman–Crippen LogP) is 1.68. The summed E-state index contributed by atoms with van der Waals surface area (Å²) in [6.45, 7) is 4.24. The second kappa shape index (κ2) is 6.82. The number of amides is 1. The van der Waals surface area contributed by atoms with Crippen molar-refractivity contribution in [2.45, 2.75) is 11.8 Å². The summed E-state index contributed by atoms with van der Waals surface area (Å²) in [6.07, 6.45) is 1.60. The number of benzene rings is 1. The monoisotopic (exact) mass is 433 g/mol. The first-order chi connectivity index (χ1) is 13.9. The lowest BCUT2D eigenvalue weighted by atomic mass is 10.2. The van der Waals surface area contributed by atoms with E-state index in [0.29, 0.717) is 55.8 Å². The average molecular weight is 434 g/mol. The Bertz CT molecular complexity index is 1120. The smallest absolute Gasteiger partial charge is 0.266 e. The summed E-state index contributed by atoms with van der Waals surface area (Å²) in [5.41, 5.74) is 2.00. The number of sulfonamides is 1. The van der Waals surface area contributed by atoms with E-state index in [0.717, 1.165) is 16.2 Å². The number of rotatable bonds is 3. The maximum Gasteiger partial charge on any atom is 0.266 e. The lowest BCUT2D eigenvalue weighted by Gasteiger charge is -2.23. The molecule has 0 radical (unpaired) electrons. The molecule has 0 saturated heterocycles. The minimum atomic E-state index is -3.66. The van der Waals surface area contributed by atoms with Crippen molar-refractivity contribution in [1.82, 2.24) is 14.2 Å². The summed E-state index contributed by atoms with van der Waals surface area (Å²) in [5, 5.41) is 0.852. The van der Waals surface area contributed by atoms with Crippen LogP contribution in [0, 0.1) is 6.92 Å². The second-order valence-electron chi connectivity index (χ2n) is 7.19. The molecule has 5 rings (SSSR count). The molecule has 152 valence electrons. The van der Waals surface area contributed by atoms with Gasteiger partial charge in [-0.25, -0.2) is 13.4 Å². The van der Waals surface area contributed by atoms with Gasteiger partial charge in [0.2, 0.25) is 10.0 Å². The normalized spacial score (nSPS) is 19.0. The first-order valence-electron chi connectivity index (χ1n) is 9.23. The molecule has 0 aliphatic carbocycles. The first-order valence-corrected chi connectivity index (χ1v) is 11.5. The van der Waals surface area contributed by atoms with Gasteiger partial charge in [0.1, 0.15) is 18.1 Å². The fourth-order valence-electron chi connectivity index (χ4n) is 3.81. The summed E-state index contributed by atoms with van der Waals surface area (Å²) in [7, 11) is -3.66. The zero-order chi connectivity index (χ0) is 20.2. The number of hydrogen-bond acceptors (Lipinski definition) is 7. The molecule has 1 amide bonds. The van der Waals surface area contributed by atoms with Gasteiger partial charge in [0.15, 0.2) is 11.5 Å². The van der Waals surface area contributed by atoms with Crippen molar-refractivity contribution in [2.75, 3.05) is 39.4 Å². The number of aryl methyl sites for hydroxylation is 1. The predicted molar refractivity (Wildman–Crippen MR) is 106 cm³/mol. The van der Waals surface area contributed by atoms with Crippen LogP contribution >= 0.6 is 11.3 Å². The SMILES string of the molecule is Cc1ncc(C(=O)N2CC3=C(C2)CN(S(=O)(=O)c2ccc4c(c2)OCCO4)C3)s1. The van der Waals surface area contributed by atoms with Crippen molar-refractivity contribution in [1.29, 1.82) is 0 Å². The van der Waals surface area contributed by atoms with Crippen molar-refractivity contribution < 1.29 is 22.7 Å². The summed E-state index contributed by atoms with van der Waals surface area (Å²) < 4.78 is 38.7. The molecule has 0 unspecified atom stereocenters. The highest BCUT2D eigenvalue weighted by Crippen LogP contribution is 2.35. The Morgan fingerprint density at radius 1 is 1.07 bits per heavy atom. The Balaban J connectivity index is 1.29. The zero-order valence-electron chi connectivity index (χ0n) is 15.8. The van der Waals surface area contributed by atoms with E-state index in [-0.39, 0.29) is 10.8 Å². The van der Waals surface area contributed by atoms with Crippen LogP contribution in [0.25, 0.3) is 0 Å². The van der Waals surface area contributed by atoms with Crippen molar-refractivity contribution in [3.8, 4) is 11.5 Å². The fraction of sp³-hybridized carbons (Fsp3) is 0.368. The molecular formula is C19H19N3O5S2. The topological polar surface area (TPSA) is 89.0 Å². The van der Waals surface area contributed by atoms with Gasteiger partial charge < -0.3 is 14.4 Å². The number of hydrogen-bond donors (Lipinski definition) is 0. The van der Waals surface area contributed by atoms with Gasteiger partial charge in [-0.05, 0) is 30.2 Å². The maximum atomic E-state index is 13.1. The number of carbonyl (C=O) groups excluding carboxylic acids is 1. The number of aromatic nitrogens is 1. The Morgan fingerprint density at radius 2 is 1.76 bits per heavy atom. The summed E-state index contributed by atoms with van der Waals surface area (Å²) >= 11 is 1.37. The Labute approximate surface area is 172 Å². The van der Waals surface area contributed by atoms with Gasteiger partial charge >= 0.3 is 0 Å². The lowest BCUT2D eigenvalue weighted by Crippen LogP contribution is -2.36. The molecule has 2 aromatic rings. The van der Waals surface area contributed by atoms with E-state index < -0.39 is 10.0 Å². The van der Waals surface area contributed by atoms with E-state index >= 15 is 0 Å². The van der Waals surface area contributed by atoms with Crippen molar-refractivity contribution >= 4 is 27.3 Å². The zero-order valence-corrected chi connectivity index (χ0v) is 17.4. The molecule has 3 aliphatic heterocycles. The molecule has 3 aliphatic rings. The highest BCUT2D eigenvalue weighted by Gasteiger charge is 2.38. The summed E-state index contributed by atoms with van der Waals surface area (Å²) in [4.78, 5) is 19.3. The Kier molecular flexibility index (Phi) is 4.37. The minimum Gasteiger partial charge on any atom is -0.486 e. The van der Waals surface area contributed by atoms with Crippen LogP contribution in [0.2, 0.25) is 0 Å². The van der Waals surface area contributed by atoms with Gasteiger partial charge in [0.25, 0.3) is 5.91 Å². The van der Waals surface area contributed by atoms with Crippen LogP contribution in [0.3, 0.4) is 0 Å². The van der Waals surface area contributed by atoms with E-state index in [2.05, 4.69) is 4.98 Å². The van der Waals surface area contributed by atoms with Gasteiger partial charge in [0.05, 0.1) is 16.1 Å². The molecule has 8 nitrogen and oxygen atoms in total. The molecule has 4 heterocycles. The van der Waals surface area contributed by atoms with E-state index in [9.17, 15) is 13.2 Å². The molecule has 0 fully saturated rings. The molecule has 1 aromatic carbocycles. The molecule has 0 atom stereocenters. The van der Waals surface area contributed by atoms with Crippen LogP contribution < -0.4 is 9.47 Å². The number of thiazole rings is 1. The largest absolute Gasteiger partial charge is 0.486 e. The molecule has 0 bridgehead atoms. The van der Waals surface area contributed by atoms with Gasteiger partial charge in [-0.3, -0.25) is 4.79 Å². The molecule has 29 heavy (non-hydrogen) atoms. The molecule has 0 spiro atoms. The molecular weight excluding hydrogens is 414 g/mol. The fourth-order valence-corrected chi connectivity index (χ4v) is 6.00. The third-order valence-electron chi connectivity index (χ3n) is 5.27. The van der Waals surface area contributed by atoms with E-state index in [1.165, 1.54) is 21.7 Å². The molecule has 0 N–H and O–H groups in total. The van der Waals surface area contributed by atoms with Gasteiger partial charge in [-0.15, -0.1) is 11.3 Å². The quantitative estimate of drug-likeness (QED) is 0.685. The highest BCUT2D eigenvalue weighted by atomic mass is 32.2. The highest BCUT2D eigenvalue weighted by molar-refractivity contribution is 7.89. The van der Waals surface area contributed by atoms with Crippen molar-refractivity contribution in [3.63, 3.8) is 0 Å². The molecule has 0 saturated carbocycles. The summed E-state index contributed by atoms with van der Waals surface area (Å²) in [5.74, 6) is 0.963. The van der Waals surface area contributed by atoms with Gasteiger partial charge in [0, 0.05) is 32.2 Å². The van der Waals surface area contributed by atoms with Crippen LogP contribution in [0.5, 0.6) is 11.5 Å². The Hall–Kier alpha value is -2.43. The van der Waals surface area contributed by atoms with Crippen molar-refractivity contribution in [2.24, 2.45) is 0 Å². The van der Waals surface area contributed by atoms with Crippen LogP contribution in [0.4, 0.5) is 0 Å². The second-order valence-corrected chi connectivity index (χ2v) is 10.4. The summed E-state index contributed by atoms with van der Waals surface area (Å²) in [6, 6.07) is 4.71. The minimum absolute atomic E-state index is 0.0498. The van der Waals surface area contributed by atoms with Gasteiger partial charge in [-0.2, -0.15) is 4.31 Å². The van der Waals surface area contributed by atoms with Crippen molar-refractivity contribution in [3.05, 3.63) is 45.4 Å². The van der Waals surface area contributed by atoms with Crippen LogP contribution in [0.15, 0.2) is 40.4 Å².